The zero-order chi connectivity index (χ0) is 33.7. The zero-order valence-electron chi connectivity index (χ0n) is 26.7. The zero-order valence-corrected chi connectivity index (χ0v) is 28.2. The fourth-order valence-corrected chi connectivity index (χ4v) is 8.17. The predicted molar refractivity (Wildman–Crippen MR) is 170 cm³/mol. The first-order chi connectivity index (χ1) is 21.7. The lowest BCUT2D eigenvalue weighted by Gasteiger charge is -2.51. The molecule has 46 heavy (non-hydrogen) atoms. The standard InChI is InChI=1S/C31H45Cl2N3O3.C2HF3O2/c1-3-4-13-26-31(39-29(38)36(26)22-23-9-6-5-7-10-23)16-20-35(21-17-31)30(2)14-18-34(19-15-30)28(37)27-24(32)11-8-12-25(27)33;3-2(4,5)1(6)7/h8,11-12,23,26H,3-7,9-10,13-22H2,1-2H3;(H,6,7). The van der Waals surface area contributed by atoms with E-state index in [9.17, 15) is 22.8 Å². The number of piperidine rings is 2. The van der Waals surface area contributed by atoms with E-state index >= 15 is 0 Å². The van der Waals surface area contributed by atoms with Crippen LogP contribution < -0.4 is 0 Å². The number of benzene rings is 1. The van der Waals surface area contributed by atoms with Gasteiger partial charge in [-0.3, -0.25) is 9.69 Å². The number of nitrogens with zero attached hydrogens (tertiary/aromatic N) is 3. The summed E-state index contributed by atoms with van der Waals surface area (Å²) >= 11 is 12.6. The van der Waals surface area contributed by atoms with Crippen LogP contribution >= 0.6 is 23.2 Å². The number of likely N-dealkylation sites (tertiary alicyclic amines) is 2. The minimum Gasteiger partial charge on any atom is -0.475 e. The van der Waals surface area contributed by atoms with Crippen molar-refractivity contribution in [3.63, 3.8) is 0 Å². The van der Waals surface area contributed by atoms with Crippen LogP contribution in [0.5, 0.6) is 0 Å². The number of aliphatic carboxylic acids is 1. The monoisotopic (exact) mass is 691 g/mol. The van der Waals surface area contributed by atoms with E-state index in [1.54, 1.807) is 18.2 Å². The molecule has 13 heteroatoms. The number of carbonyl (C=O) groups excluding carboxylic acids is 2. The lowest BCUT2D eigenvalue weighted by atomic mass is 9.78. The van der Waals surface area contributed by atoms with E-state index in [4.69, 9.17) is 37.8 Å². The van der Waals surface area contributed by atoms with Gasteiger partial charge in [-0.25, -0.2) is 9.59 Å². The Kier molecular flexibility index (Phi) is 12.2. The summed E-state index contributed by atoms with van der Waals surface area (Å²) in [7, 11) is 0. The number of carboxylic acids is 1. The van der Waals surface area contributed by atoms with Crippen LogP contribution in [0.25, 0.3) is 0 Å². The van der Waals surface area contributed by atoms with Gasteiger partial charge in [0.05, 0.1) is 21.7 Å². The molecule has 258 valence electrons. The highest BCUT2D eigenvalue weighted by Crippen LogP contribution is 2.44. The molecule has 1 aromatic carbocycles. The third-order valence-corrected chi connectivity index (χ3v) is 11.1. The van der Waals surface area contributed by atoms with Crippen LogP contribution in [0.2, 0.25) is 10.0 Å². The molecule has 4 fully saturated rings. The highest BCUT2D eigenvalue weighted by atomic mass is 35.5. The van der Waals surface area contributed by atoms with Crippen LogP contribution in [-0.2, 0) is 9.53 Å². The molecule has 3 saturated heterocycles. The maximum Gasteiger partial charge on any atom is 0.490 e. The van der Waals surface area contributed by atoms with E-state index in [1.807, 2.05) is 4.90 Å². The Hall–Kier alpha value is -2.24. The molecule has 1 saturated carbocycles. The van der Waals surface area contributed by atoms with E-state index in [0.717, 1.165) is 64.6 Å². The lowest BCUT2D eigenvalue weighted by molar-refractivity contribution is -0.192. The lowest BCUT2D eigenvalue weighted by Crippen LogP contribution is -2.60. The molecule has 3 heterocycles. The van der Waals surface area contributed by atoms with E-state index in [1.165, 1.54) is 32.1 Å². The normalized spacial score (nSPS) is 23.5. The van der Waals surface area contributed by atoms with E-state index in [2.05, 4.69) is 23.6 Å². The van der Waals surface area contributed by atoms with Gasteiger partial charge in [0.2, 0.25) is 0 Å². The Bertz CT molecular complexity index is 1210. The van der Waals surface area contributed by atoms with E-state index in [0.29, 0.717) is 34.6 Å². The molecule has 0 bridgehead atoms. The molecule has 2 amide bonds. The second kappa shape index (κ2) is 15.3. The molecule has 4 aliphatic rings. The van der Waals surface area contributed by atoms with Gasteiger partial charge in [0.1, 0.15) is 5.60 Å². The fourth-order valence-electron chi connectivity index (χ4n) is 7.61. The van der Waals surface area contributed by atoms with Crippen molar-refractivity contribution in [2.24, 2.45) is 5.92 Å². The third kappa shape index (κ3) is 8.42. The van der Waals surface area contributed by atoms with Crippen molar-refractivity contribution in [2.75, 3.05) is 32.7 Å². The largest absolute Gasteiger partial charge is 0.490 e. The summed E-state index contributed by atoms with van der Waals surface area (Å²) in [5.74, 6) is -2.22. The number of hydrogen-bond acceptors (Lipinski definition) is 5. The minimum absolute atomic E-state index is 0.0198. The van der Waals surface area contributed by atoms with Gasteiger partial charge < -0.3 is 19.6 Å². The molecule has 0 aromatic heterocycles. The van der Waals surface area contributed by atoms with Crippen LogP contribution in [0, 0.1) is 5.92 Å². The summed E-state index contributed by atoms with van der Waals surface area (Å²) in [5, 5.41) is 7.94. The van der Waals surface area contributed by atoms with Crippen LogP contribution in [0.1, 0.15) is 101 Å². The van der Waals surface area contributed by atoms with Gasteiger partial charge in [-0.1, -0.05) is 68.3 Å². The van der Waals surface area contributed by atoms with Crippen molar-refractivity contribution in [1.29, 1.82) is 0 Å². The topological polar surface area (TPSA) is 90.4 Å². The van der Waals surface area contributed by atoms with Crippen LogP contribution in [0.4, 0.5) is 18.0 Å². The molecule has 1 aliphatic carbocycles. The summed E-state index contributed by atoms with van der Waals surface area (Å²) < 4.78 is 38.1. The molecule has 1 aromatic rings. The molecule has 5 rings (SSSR count). The molecule has 1 unspecified atom stereocenters. The second-order valence-corrected chi connectivity index (χ2v) is 14.2. The Morgan fingerprint density at radius 1 is 1.00 bits per heavy atom. The highest BCUT2D eigenvalue weighted by Gasteiger charge is 2.56. The molecule has 0 radical (unpaired) electrons. The Labute approximate surface area is 279 Å². The van der Waals surface area contributed by atoms with E-state index < -0.39 is 12.1 Å². The maximum absolute atomic E-state index is 13.2. The summed E-state index contributed by atoms with van der Waals surface area (Å²) in [6, 6.07) is 5.40. The first-order valence-electron chi connectivity index (χ1n) is 16.5. The van der Waals surface area contributed by atoms with Crippen molar-refractivity contribution >= 4 is 41.2 Å². The first-order valence-corrected chi connectivity index (χ1v) is 17.2. The van der Waals surface area contributed by atoms with Gasteiger partial charge in [0.15, 0.2) is 0 Å². The number of rotatable bonds is 7. The number of ether oxygens (including phenoxy) is 1. The van der Waals surface area contributed by atoms with Gasteiger partial charge in [-0.15, -0.1) is 0 Å². The summed E-state index contributed by atoms with van der Waals surface area (Å²) in [6.45, 7) is 8.65. The number of unbranched alkanes of at least 4 members (excludes halogenated alkanes) is 1. The van der Waals surface area contributed by atoms with Gasteiger partial charge in [0.25, 0.3) is 5.91 Å². The number of alkyl halides is 3. The molecular formula is C33H46Cl2F3N3O5. The molecule has 1 N–H and O–H groups in total. The third-order valence-electron chi connectivity index (χ3n) is 10.4. The second-order valence-electron chi connectivity index (χ2n) is 13.4. The van der Waals surface area contributed by atoms with Crippen molar-refractivity contribution in [3.05, 3.63) is 33.8 Å². The van der Waals surface area contributed by atoms with Crippen molar-refractivity contribution in [1.82, 2.24) is 14.7 Å². The van der Waals surface area contributed by atoms with Crippen LogP contribution in [-0.4, -0.2) is 93.9 Å². The first kappa shape index (κ1) is 36.6. The van der Waals surface area contributed by atoms with Crippen LogP contribution in [0.15, 0.2) is 18.2 Å². The Morgan fingerprint density at radius 2 is 1.57 bits per heavy atom. The smallest absolute Gasteiger partial charge is 0.475 e. The number of amides is 2. The van der Waals surface area contributed by atoms with Gasteiger partial charge in [-0.2, -0.15) is 13.2 Å². The quantitative estimate of drug-likeness (QED) is 0.311. The van der Waals surface area contributed by atoms with Crippen molar-refractivity contribution < 1.29 is 37.4 Å². The number of carboxylic acid groups (broad SMARTS) is 1. The minimum atomic E-state index is -5.08. The molecule has 3 aliphatic heterocycles. The summed E-state index contributed by atoms with van der Waals surface area (Å²) in [5.41, 5.74) is 0.0698. The molecule has 8 nitrogen and oxygen atoms in total. The fraction of sp³-hybridized carbons (Fsp3) is 0.727. The van der Waals surface area contributed by atoms with Crippen molar-refractivity contribution in [3.8, 4) is 0 Å². The highest BCUT2D eigenvalue weighted by molar-refractivity contribution is 6.39. The van der Waals surface area contributed by atoms with Crippen LogP contribution in [0.3, 0.4) is 0 Å². The Balaban J connectivity index is 0.000000617. The number of hydrogen-bond donors (Lipinski definition) is 1. The summed E-state index contributed by atoms with van der Waals surface area (Å²) in [4.78, 5) is 42.0. The average molecular weight is 693 g/mol. The molecule has 1 spiro atoms. The van der Waals surface area contributed by atoms with E-state index in [-0.39, 0.29) is 29.2 Å². The molecule has 1 atom stereocenters. The molecular weight excluding hydrogens is 646 g/mol. The SMILES string of the molecule is CCCCC1N(CC2CCCCC2)C(=O)OC12CCN(C1(C)CCN(C(=O)c3c(Cl)cccc3Cl)CC1)CC2.O=C(O)C(F)(F)F. The average Bonchev–Trinajstić information content (AvgIpc) is 3.25. The van der Waals surface area contributed by atoms with Gasteiger partial charge >= 0.3 is 18.2 Å². The Morgan fingerprint density at radius 3 is 2.09 bits per heavy atom. The van der Waals surface area contributed by atoms with Gasteiger partial charge in [-0.05, 0) is 57.1 Å². The predicted octanol–water partition coefficient (Wildman–Crippen LogP) is 8.05. The van der Waals surface area contributed by atoms with Gasteiger partial charge in [0, 0.05) is 51.1 Å². The summed E-state index contributed by atoms with van der Waals surface area (Å²) in [6.07, 6.45) is 8.13. The number of carbonyl (C=O) groups is 3. The van der Waals surface area contributed by atoms with Crippen molar-refractivity contribution in [2.45, 2.75) is 114 Å². The maximum atomic E-state index is 13.2. The number of halogens is 5.